The summed E-state index contributed by atoms with van der Waals surface area (Å²) >= 11 is 11.6. The molecule has 0 saturated heterocycles. The van der Waals surface area contributed by atoms with Gasteiger partial charge in [-0.25, -0.2) is 4.39 Å². The number of benzene rings is 1. The van der Waals surface area contributed by atoms with E-state index in [0.29, 0.717) is 4.90 Å². The van der Waals surface area contributed by atoms with Gasteiger partial charge in [-0.3, -0.25) is 4.79 Å². The highest BCUT2D eigenvalue weighted by molar-refractivity contribution is 8.00. The van der Waals surface area contributed by atoms with Gasteiger partial charge < -0.3 is 4.74 Å². The molecule has 0 aliphatic rings. The van der Waals surface area contributed by atoms with Crippen molar-refractivity contribution in [2.24, 2.45) is 4.99 Å². The number of hydrogen-bond donors (Lipinski definition) is 0. The molecule has 1 aromatic carbocycles. The summed E-state index contributed by atoms with van der Waals surface area (Å²) in [5.41, 5.74) is 0.0383. The van der Waals surface area contributed by atoms with Gasteiger partial charge in [-0.1, -0.05) is 11.6 Å². The molecular weight excluding hydrogens is 321 g/mol. The lowest BCUT2D eigenvalue weighted by Crippen LogP contribution is -2.20. The second kappa shape index (κ2) is 7.74. The molecule has 20 heavy (non-hydrogen) atoms. The molecule has 0 radical (unpaired) electrons. The predicted molar refractivity (Wildman–Crippen MR) is 82.6 cm³/mol. The standard InChI is InChI=1S/C13H13ClFNO2S2/c1-7(2)18-13(17)8(3)20-12-5-11(16-6-19)10(15)4-9(12)14/h4-5,7-8H,1-3H3. The third kappa shape index (κ3) is 4.87. The Hall–Kier alpha value is -0.940. The molecule has 0 aromatic heterocycles. The van der Waals surface area contributed by atoms with Gasteiger partial charge in [0.05, 0.1) is 16.3 Å². The van der Waals surface area contributed by atoms with Crippen molar-refractivity contribution < 1.29 is 13.9 Å². The van der Waals surface area contributed by atoms with Crippen LogP contribution in [0.25, 0.3) is 0 Å². The van der Waals surface area contributed by atoms with Crippen LogP contribution in [-0.4, -0.2) is 22.5 Å². The first-order valence-corrected chi connectivity index (χ1v) is 7.45. The Kier molecular flexibility index (Phi) is 6.62. The Morgan fingerprint density at radius 1 is 1.50 bits per heavy atom. The van der Waals surface area contributed by atoms with E-state index in [1.807, 2.05) is 0 Å². The fraction of sp³-hybridized carbons (Fsp3) is 0.385. The first-order chi connectivity index (χ1) is 9.35. The van der Waals surface area contributed by atoms with Crippen LogP contribution in [0.1, 0.15) is 20.8 Å². The largest absolute Gasteiger partial charge is 0.462 e. The first-order valence-electron chi connectivity index (χ1n) is 5.79. The van der Waals surface area contributed by atoms with Crippen LogP contribution in [0.15, 0.2) is 22.0 Å². The molecule has 1 atom stereocenters. The zero-order valence-electron chi connectivity index (χ0n) is 11.1. The predicted octanol–water partition coefficient (Wildman–Crippen LogP) is 4.65. The van der Waals surface area contributed by atoms with Crippen LogP contribution in [0.3, 0.4) is 0 Å². The fourth-order valence-electron chi connectivity index (χ4n) is 1.31. The summed E-state index contributed by atoms with van der Waals surface area (Å²) < 4.78 is 18.6. The summed E-state index contributed by atoms with van der Waals surface area (Å²) in [5, 5.41) is 1.84. The maximum atomic E-state index is 13.5. The monoisotopic (exact) mass is 333 g/mol. The number of thioether (sulfide) groups is 1. The lowest BCUT2D eigenvalue weighted by Gasteiger charge is -2.14. The van der Waals surface area contributed by atoms with Crippen LogP contribution < -0.4 is 0 Å². The number of carbonyl (C=O) groups excluding carboxylic acids is 1. The van der Waals surface area contributed by atoms with E-state index in [1.165, 1.54) is 17.8 Å². The van der Waals surface area contributed by atoms with Crippen molar-refractivity contribution in [3.63, 3.8) is 0 Å². The summed E-state index contributed by atoms with van der Waals surface area (Å²) in [4.78, 5) is 15.9. The number of halogens is 2. The van der Waals surface area contributed by atoms with E-state index in [9.17, 15) is 9.18 Å². The number of ether oxygens (including phenoxy) is 1. The van der Waals surface area contributed by atoms with E-state index in [2.05, 4.69) is 22.4 Å². The van der Waals surface area contributed by atoms with Crippen molar-refractivity contribution in [2.75, 3.05) is 0 Å². The lowest BCUT2D eigenvalue weighted by atomic mass is 10.3. The van der Waals surface area contributed by atoms with Crippen LogP contribution in [0, 0.1) is 5.82 Å². The third-order valence-electron chi connectivity index (χ3n) is 2.15. The van der Waals surface area contributed by atoms with Crippen molar-refractivity contribution in [2.45, 2.75) is 37.0 Å². The number of rotatable bonds is 5. The molecule has 0 spiro atoms. The van der Waals surface area contributed by atoms with E-state index in [0.717, 1.165) is 6.07 Å². The highest BCUT2D eigenvalue weighted by Crippen LogP contribution is 2.35. The van der Waals surface area contributed by atoms with Gasteiger partial charge in [-0.15, -0.1) is 11.8 Å². The quantitative estimate of drug-likeness (QED) is 0.340. The van der Waals surface area contributed by atoms with E-state index in [1.54, 1.807) is 20.8 Å². The summed E-state index contributed by atoms with van der Waals surface area (Å²) in [6.07, 6.45) is -0.191. The summed E-state index contributed by atoms with van der Waals surface area (Å²) in [5.74, 6) is -0.945. The minimum Gasteiger partial charge on any atom is -0.462 e. The van der Waals surface area contributed by atoms with Gasteiger partial charge in [0.1, 0.15) is 10.9 Å². The Morgan fingerprint density at radius 3 is 2.70 bits per heavy atom. The Bertz CT molecular complexity index is 560. The van der Waals surface area contributed by atoms with E-state index in [4.69, 9.17) is 16.3 Å². The molecule has 3 nitrogen and oxygen atoms in total. The highest BCUT2D eigenvalue weighted by Gasteiger charge is 2.19. The molecule has 0 aliphatic heterocycles. The van der Waals surface area contributed by atoms with Gasteiger partial charge in [-0.05, 0) is 45.1 Å². The lowest BCUT2D eigenvalue weighted by molar-refractivity contribution is -0.146. The molecule has 0 N–H and O–H groups in total. The topological polar surface area (TPSA) is 38.7 Å². The van der Waals surface area contributed by atoms with Crippen LogP contribution in [0.2, 0.25) is 5.02 Å². The third-order valence-corrected chi connectivity index (χ3v) is 3.81. The number of esters is 1. The van der Waals surface area contributed by atoms with Gasteiger partial charge in [0.15, 0.2) is 5.82 Å². The molecule has 0 heterocycles. The number of carbonyl (C=O) groups is 1. The number of isothiocyanates is 1. The van der Waals surface area contributed by atoms with Gasteiger partial charge in [0.25, 0.3) is 0 Å². The Labute approximate surface area is 131 Å². The van der Waals surface area contributed by atoms with Crippen molar-refractivity contribution >= 4 is 52.4 Å². The average molecular weight is 334 g/mol. The second-order valence-corrected chi connectivity index (χ2v) is 6.16. The summed E-state index contributed by atoms with van der Waals surface area (Å²) in [6, 6.07) is 2.57. The molecule has 1 aromatic rings. The van der Waals surface area contributed by atoms with Crippen LogP contribution in [0.4, 0.5) is 10.1 Å². The zero-order chi connectivity index (χ0) is 15.3. The summed E-state index contributed by atoms with van der Waals surface area (Å²) in [6.45, 7) is 5.23. The first kappa shape index (κ1) is 17.1. The van der Waals surface area contributed by atoms with Crippen molar-refractivity contribution in [1.29, 1.82) is 0 Å². The van der Waals surface area contributed by atoms with Crippen molar-refractivity contribution in [1.82, 2.24) is 0 Å². The van der Waals surface area contributed by atoms with Gasteiger partial charge in [0, 0.05) is 4.90 Å². The maximum absolute atomic E-state index is 13.5. The average Bonchev–Trinajstić information content (AvgIpc) is 2.34. The molecule has 1 rings (SSSR count). The smallest absolute Gasteiger partial charge is 0.319 e. The van der Waals surface area contributed by atoms with E-state index < -0.39 is 11.1 Å². The second-order valence-electron chi connectivity index (χ2n) is 4.18. The zero-order valence-corrected chi connectivity index (χ0v) is 13.5. The van der Waals surface area contributed by atoms with Crippen LogP contribution >= 0.6 is 35.6 Å². The number of nitrogens with zero attached hydrogens (tertiary/aromatic N) is 1. The van der Waals surface area contributed by atoms with Crippen molar-refractivity contribution in [3.05, 3.63) is 23.0 Å². The SMILES string of the molecule is CC(C)OC(=O)C(C)Sc1cc(N=C=S)c(F)cc1Cl. The molecule has 108 valence electrons. The minimum absolute atomic E-state index is 0.0383. The molecule has 0 bridgehead atoms. The molecule has 0 amide bonds. The molecule has 1 unspecified atom stereocenters. The van der Waals surface area contributed by atoms with Crippen molar-refractivity contribution in [3.8, 4) is 0 Å². The van der Waals surface area contributed by atoms with Gasteiger partial charge in [-0.2, -0.15) is 4.99 Å². The number of hydrogen-bond acceptors (Lipinski definition) is 5. The van der Waals surface area contributed by atoms with Gasteiger partial charge >= 0.3 is 5.97 Å². The normalized spacial score (nSPS) is 11.9. The number of thiocarbonyl (C=S) groups is 1. The van der Waals surface area contributed by atoms with Crippen LogP contribution in [0.5, 0.6) is 0 Å². The molecule has 0 saturated carbocycles. The van der Waals surface area contributed by atoms with Gasteiger partial charge in [0.2, 0.25) is 0 Å². The molecule has 0 aliphatic carbocycles. The maximum Gasteiger partial charge on any atom is 0.319 e. The van der Waals surface area contributed by atoms with E-state index in [-0.39, 0.29) is 22.8 Å². The summed E-state index contributed by atoms with van der Waals surface area (Å²) in [7, 11) is 0. The molecular formula is C13H13ClFNO2S2. The minimum atomic E-state index is -0.589. The molecule has 0 fully saturated rings. The molecule has 7 heteroatoms. The number of aliphatic imine (C=N–C) groups is 1. The highest BCUT2D eigenvalue weighted by atomic mass is 35.5. The fourth-order valence-corrected chi connectivity index (χ4v) is 2.58. The Balaban J connectivity index is 2.94. The van der Waals surface area contributed by atoms with Crippen LogP contribution in [-0.2, 0) is 9.53 Å². The van der Waals surface area contributed by atoms with E-state index >= 15 is 0 Å². The Morgan fingerprint density at radius 2 is 2.15 bits per heavy atom.